The SMILES string of the molecule is COc1ccccc1NC(=O)N1CCN(Cc2cnc3ccccc3c2)CC1. The van der Waals surface area contributed by atoms with Crippen LogP contribution in [0.15, 0.2) is 60.8 Å². The summed E-state index contributed by atoms with van der Waals surface area (Å²) in [7, 11) is 1.60. The minimum absolute atomic E-state index is 0.0866. The van der Waals surface area contributed by atoms with Crippen molar-refractivity contribution in [1.82, 2.24) is 14.8 Å². The second-order valence-electron chi connectivity index (χ2n) is 6.93. The maximum atomic E-state index is 12.6. The number of hydrogen-bond donors (Lipinski definition) is 1. The third kappa shape index (κ3) is 4.07. The number of anilines is 1. The summed E-state index contributed by atoms with van der Waals surface area (Å²) >= 11 is 0. The zero-order valence-corrected chi connectivity index (χ0v) is 16.0. The molecule has 1 aliphatic rings. The molecule has 2 aromatic carbocycles. The zero-order valence-electron chi connectivity index (χ0n) is 16.0. The Hall–Kier alpha value is -3.12. The molecule has 1 saturated heterocycles. The molecule has 2 heterocycles. The van der Waals surface area contributed by atoms with E-state index in [0.29, 0.717) is 24.5 Å². The van der Waals surface area contributed by atoms with Crippen LogP contribution >= 0.6 is 0 Å². The minimum Gasteiger partial charge on any atom is -0.495 e. The van der Waals surface area contributed by atoms with Gasteiger partial charge in [0.1, 0.15) is 5.75 Å². The van der Waals surface area contributed by atoms with E-state index in [9.17, 15) is 4.79 Å². The van der Waals surface area contributed by atoms with E-state index in [1.807, 2.05) is 53.6 Å². The number of carbonyl (C=O) groups is 1. The van der Waals surface area contributed by atoms with E-state index in [-0.39, 0.29) is 6.03 Å². The summed E-state index contributed by atoms with van der Waals surface area (Å²) in [6.45, 7) is 3.92. The van der Waals surface area contributed by atoms with Gasteiger partial charge in [-0.1, -0.05) is 30.3 Å². The van der Waals surface area contributed by atoms with Crippen molar-refractivity contribution in [1.29, 1.82) is 0 Å². The van der Waals surface area contributed by atoms with E-state index in [1.165, 1.54) is 5.56 Å². The number of benzene rings is 2. The number of para-hydroxylation sites is 3. The molecular formula is C22H24N4O2. The standard InChI is InChI=1S/C22H24N4O2/c1-28-21-9-5-4-8-20(21)24-22(27)26-12-10-25(11-13-26)16-17-14-18-6-2-3-7-19(18)23-15-17/h2-9,14-15H,10-13,16H2,1H3,(H,24,27). The molecule has 0 saturated carbocycles. The molecule has 6 heteroatoms. The van der Waals surface area contributed by atoms with Crippen LogP contribution in [0.4, 0.5) is 10.5 Å². The number of rotatable bonds is 4. The van der Waals surface area contributed by atoms with Crippen molar-refractivity contribution in [3.63, 3.8) is 0 Å². The van der Waals surface area contributed by atoms with Crippen LogP contribution in [-0.2, 0) is 6.54 Å². The first-order valence-electron chi connectivity index (χ1n) is 9.48. The summed E-state index contributed by atoms with van der Waals surface area (Å²) in [6.07, 6.45) is 1.95. The molecular weight excluding hydrogens is 352 g/mol. The molecule has 1 aromatic heterocycles. The normalized spacial score (nSPS) is 14.8. The number of piperazine rings is 1. The van der Waals surface area contributed by atoms with Crippen LogP contribution in [0.3, 0.4) is 0 Å². The van der Waals surface area contributed by atoms with Gasteiger partial charge < -0.3 is 15.0 Å². The van der Waals surface area contributed by atoms with Crippen LogP contribution in [0, 0.1) is 0 Å². The predicted octanol–water partition coefficient (Wildman–Crippen LogP) is 3.59. The Balaban J connectivity index is 1.33. The van der Waals surface area contributed by atoms with Crippen LogP contribution in [0.5, 0.6) is 5.75 Å². The van der Waals surface area contributed by atoms with Crippen molar-refractivity contribution in [2.75, 3.05) is 38.6 Å². The van der Waals surface area contributed by atoms with Crippen molar-refractivity contribution in [2.24, 2.45) is 0 Å². The molecule has 144 valence electrons. The lowest BCUT2D eigenvalue weighted by Crippen LogP contribution is -2.49. The van der Waals surface area contributed by atoms with Crippen molar-refractivity contribution in [3.05, 3.63) is 66.4 Å². The molecule has 3 aromatic rings. The van der Waals surface area contributed by atoms with Gasteiger partial charge in [0, 0.05) is 44.3 Å². The summed E-state index contributed by atoms with van der Waals surface area (Å²) in [5, 5.41) is 4.11. The van der Waals surface area contributed by atoms with Gasteiger partial charge in [-0.15, -0.1) is 0 Å². The number of nitrogens with one attached hydrogen (secondary N) is 1. The lowest BCUT2D eigenvalue weighted by atomic mass is 10.1. The summed E-state index contributed by atoms with van der Waals surface area (Å²) in [5.74, 6) is 0.665. The van der Waals surface area contributed by atoms with Crippen LogP contribution in [0.2, 0.25) is 0 Å². The molecule has 6 nitrogen and oxygen atoms in total. The molecule has 0 bridgehead atoms. The molecule has 1 aliphatic heterocycles. The smallest absolute Gasteiger partial charge is 0.322 e. The molecule has 1 fully saturated rings. The van der Waals surface area contributed by atoms with Crippen LogP contribution in [-0.4, -0.2) is 54.1 Å². The fraction of sp³-hybridized carbons (Fsp3) is 0.273. The predicted molar refractivity (Wildman–Crippen MR) is 111 cm³/mol. The largest absolute Gasteiger partial charge is 0.495 e. The topological polar surface area (TPSA) is 57.7 Å². The molecule has 1 N–H and O–H groups in total. The van der Waals surface area contributed by atoms with Crippen LogP contribution in [0.25, 0.3) is 10.9 Å². The van der Waals surface area contributed by atoms with Crippen LogP contribution < -0.4 is 10.1 Å². The first-order valence-corrected chi connectivity index (χ1v) is 9.48. The Morgan fingerprint density at radius 3 is 2.64 bits per heavy atom. The zero-order chi connectivity index (χ0) is 19.3. The Bertz CT molecular complexity index is 967. The number of aromatic nitrogens is 1. The molecule has 0 atom stereocenters. The Morgan fingerprint density at radius 1 is 1.07 bits per heavy atom. The molecule has 0 unspecified atom stereocenters. The minimum atomic E-state index is -0.0866. The number of fused-ring (bicyclic) bond motifs is 1. The number of hydrogen-bond acceptors (Lipinski definition) is 4. The van der Waals surface area contributed by atoms with Crippen molar-refractivity contribution in [2.45, 2.75) is 6.54 Å². The van der Waals surface area contributed by atoms with E-state index in [1.54, 1.807) is 7.11 Å². The fourth-order valence-electron chi connectivity index (χ4n) is 3.51. The molecule has 0 radical (unpaired) electrons. The molecule has 4 rings (SSSR count). The van der Waals surface area contributed by atoms with Gasteiger partial charge in [-0.25, -0.2) is 4.79 Å². The highest BCUT2D eigenvalue weighted by Gasteiger charge is 2.22. The van der Waals surface area contributed by atoms with Gasteiger partial charge in [-0.05, 0) is 29.8 Å². The summed E-state index contributed by atoms with van der Waals surface area (Å²) in [5.41, 5.74) is 2.91. The van der Waals surface area contributed by atoms with Gasteiger partial charge in [0.25, 0.3) is 0 Å². The number of methoxy groups -OCH3 is 1. The average Bonchev–Trinajstić information content (AvgIpc) is 2.74. The van der Waals surface area contributed by atoms with Gasteiger partial charge in [-0.3, -0.25) is 9.88 Å². The number of nitrogens with zero attached hydrogens (tertiary/aromatic N) is 3. The molecule has 2 amide bonds. The average molecular weight is 376 g/mol. The van der Waals surface area contributed by atoms with E-state index in [2.05, 4.69) is 27.3 Å². The highest BCUT2D eigenvalue weighted by atomic mass is 16.5. The summed E-state index contributed by atoms with van der Waals surface area (Å²) in [6, 6.07) is 17.7. The number of carbonyl (C=O) groups excluding carboxylic acids is 1. The molecule has 0 aliphatic carbocycles. The molecule has 28 heavy (non-hydrogen) atoms. The monoisotopic (exact) mass is 376 g/mol. The summed E-state index contributed by atoms with van der Waals surface area (Å²) < 4.78 is 5.30. The lowest BCUT2D eigenvalue weighted by molar-refractivity contribution is 0.143. The van der Waals surface area contributed by atoms with E-state index >= 15 is 0 Å². The highest BCUT2D eigenvalue weighted by molar-refractivity contribution is 5.91. The van der Waals surface area contributed by atoms with Gasteiger partial charge in [0.15, 0.2) is 0 Å². The van der Waals surface area contributed by atoms with E-state index in [4.69, 9.17) is 4.74 Å². The maximum Gasteiger partial charge on any atom is 0.322 e. The van der Waals surface area contributed by atoms with Crippen molar-refractivity contribution in [3.8, 4) is 5.75 Å². The first-order chi connectivity index (χ1) is 13.7. The van der Waals surface area contributed by atoms with Gasteiger partial charge >= 0.3 is 6.03 Å². The van der Waals surface area contributed by atoms with E-state index in [0.717, 1.165) is 30.5 Å². The second kappa shape index (κ2) is 8.27. The first kappa shape index (κ1) is 18.3. The lowest BCUT2D eigenvalue weighted by Gasteiger charge is -2.34. The van der Waals surface area contributed by atoms with Gasteiger partial charge in [-0.2, -0.15) is 0 Å². The number of urea groups is 1. The van der Waals surface area contributed by atoms with Gasteiger partial charge in [0.2, 0.25) is 0 Å². The fourth-order valence-corrected chi connectivity index (χ4v) is 3.51. The van der Waals surface area contributed by atoms with Crippen molar-refractivity contribution < 1.29 is 9.53 Å². The second-order valence-corrected chi connectivity index (χ2v) is 6.93. The van der Waals surface area contributed by atoms with Gasteiger partial charge in [0.05, 0.1) is 18.3 Å². The quantitative estimate of drug-likeness (QED) is 0.756. The third-order valence-electron chi connectivity index (χ3n) is 5.06. The number of amides is 2. The third-order valence-corrected chi connectivity index (χ3v) is 5.06. The van der Waals surface area contributed by atoms with E-state index < -0.39 is 0 Å². The maximum absolute atomic E-state index is 12.6. The Morgan fingerprint density at radius 2 is 1.82 bits per heavy atom. The van der Waals surface area contributed by atoms with Crippen LogP contribution in [0.1, 0.15) is 5.56 Å². The number of pyridine rings is 1. The number of ether oxygens (including phenoxy) is 1. The Kier molecular flexibility index (Phi) is 5.39. The Labute approximate surface area is 164 Å². The summed E-state index contributed by atoms with van der Waals surface area (Å²) in [4.78, 5) is 21.3. The highest BCUT2D eigenvalue weighted by Crippen LogP contribution is 2.23. The molecule has 0 spiro atoms. The van der Waals surface area contributed by atoms with Crippen molar-refractivity contribution >= 4 is 22.6 Å².